The quantitative estimate of drug-likeness (QED) is 0.604. The summed E-state index contributed by atoms with van der Waals surface area (Å²) in [5.41, 5.74) is 5.89. The number of rotatable bonds is 6. The molecule has 27 heavy (non-hydrogen) atoms. The molecule has 0 N–H and O–H groups in total. The van der Waals surface area contributed by atoms with Crippen LogP contribution in [-0.2, 0) is 6.54 Å². The number of allylic oxidation sites excluding steroid dienone is 1. The van der Waals surface area contributed by atoms with Crippen molar-refractivity contribution in [2.45, 2.75) is 33.2 Å². The van der Waals surface area contributed by atoms with Gasteiger partial charge in [-0.15, -0.1) is 0 Å². The van der Waals surface area contributed by atoms with E-state index in [2.05, 4.69) is 68.3 Å². The second-order valence-corrected chi connectivity index (χ2v) is 8.89. The van der Waals surface area contributed by atoms with Crippen LogP contribution in [0.5, 0.6) is 5.75 Å². The summed E-state index contributed by atoms with van der Waals surface area (Å²) in [6.07, 6.45) is 5.20. The molecule has 2 heteroatoms. The number of likely N-dealkylation sites (N-methyl/N-ethyl adjacent to an activating group) is 1. The van der Waals surface area contributed by atoms with Crippen molar-refractivity contribution in [2.75, 3.05) is 20.7 Å². The molecule has 3 aliphatic rings. The molecule has 2 bridgehead atoms. The Balaban J connectivity index is 1.41. The number of hydrogen-bond donors (Lipinski definition) is 0. The molecule has 2 atom stereocenters. The van der Waals surface area contributed by atoms with Crippen LogP contribution < -0.4 is 4.74 Å². The minimum atomic E-state index is 0.515. The molecule has 2 aromatic carbocycles. The summed E-state index contributed by atoms with van der Waals surface area (Å²) in [4.78, 5) is 2.46. The van der Waals surface area contributed by atoms with Gasteiger partial charge in [-0.1, -0.05) is 68.0 Å². The lowest BCUT2D eigenvalue weighted by atomic mass is 9.49. The third-order valence-electron chi connectivity index (χ3n) is 6.86. The van der Waals surface area contributed by atoms with Gasteiger partial charge in [0.15, 0.2) is 0 Å². The Morgan fingerprint density at radius 1 is 1.04 bits per heavy atom. The van der Waals surface area contributed by atoms with E-state index in [0.29, 0.717) is 5.41 Å². The lowest BCUT2D eigenvalue weighted by molar-refractivity contribution is -0.0101. The van der Waals surface area contributed by atoms with Gasteiger partial charge >= 0.3 is 0 Å². The fourth-order valence-corrected chi connectivity index (χ4v) is 5.01. The highest BCUT2D eigenvalue weighted by atomic mass is 16.5. The Hall–Kier alpha value is -2.06. The Morgan fingerprint density at radius 2 is 1.78 bits per heavy atom. The molecule has 0 aliphatic heterocycles. The minimum absolute atomic E-state index is 0.515. The summed E-state index contributed by atoms with van der Waals surface area (Å²) in [5, 5.41) is 0. The highest BCUT2D eigenvalue weighted by molar-refractivity contribution is 5.70. The van der Waals surface area contributed by atoms with E-state index in [9.17, 15) is 0 Å². The van der Waals surface area contributed by atoms with Crippen molar-refractivity contribution in [1.82, 2.24) is 4.90 Å². The van der Waals surface area contributed by atoms with Crippen molar-refractivity contribution in [3.8, 4) is 16.9 Å². The van der Waals surface area contributed by atoms with E-state index in [1.165, 1.54) is 24.0 Å². The normalized spacial score (nSPS) is 22.9. The zero-order chi connectivity index (χ0) is 19.0. The maximum Gasteiger partial charge on any atom is 0.126 e. The first kappa shape index (κ1) is 18.3. The smallest absolute Gasteiger partial charge is 0.126 e. The van der Waals surface area contributed by atoms with Gasteiger partial charge < -0.3 is 4.74 Å². The van der Waals surface area contributed by atoms with Crippen molar-refractivity contribution < 1.29 is 4.74 Å². The molecule has 0 radical (unpaired) electrons. The van der Waals surface area contributed by atoms with Gasteiger partial charge in [-0.2, -0.15) is 0 Å². The molecule has 1 fully saturated rings. The van der Waals surface area contributed by atoms with Gasteiger partial charge in [0, 0.05) is 18.7 Å². The first-order valence-electron chi connectivity index (χ1n) is 10.1. The van der Waals surface area contributed by atoms with Crippen LogP contribution in [0.3, 0.4) is 0 Å². The Labute approximate surface area is 163 Å². The lowest BCUT2D eigenvalue weighted by Crippen LogP contribution is -2.49. The fraction of sp³-hybridized carbons (Fsp3) is 0.440. The molecule has 0 saturated heterocycles. The van der Waals surface area contributed by atoms with Crippen molar-refractivity contribution in [2.24, 2.45) is 17.3 Å². The average Bonchev–Trinajstić information content (AvgIpc) is 2.68. The summed E-state index contributed by atoms with van der Waals surface area (Å²) >= 11 is 0. The number of ether oxygens (including phenoxy) is 1. The second kappa shape index (κ2) is 7.16. The molecule has 2 nitrogen and oxygen atoms in total. The van der Waals surface area contributed by atoms with E-state index in [1.807, 2.05) is 12.1 Å². The first-order chi connectivity index (χ1) is 13.0. The van der Waals surface area contributed by atoms with Gasteiger partial charge in [-0.25, -0.2) is 0 Å². The van der Waals surface area contributed by atoms with Crippen molar-refractivity contribution in [1.29, 1.82) is 0 Å². The van der Waals surface area contributed by atoms with Crippen molar-refractivity contribution >= 4 is 0 Å². The van der Waals surface area contributed by atoms with E-state index in [-0.39, 0.29) is 0 Å². The van der Waals surface area contributed by atoms with E-state index in [0.717, 1.165) is 36.2 Å². The third kappa shape index (κ3) is 3.43. The number of hydrogen-bond acceptors (Lipinski definition) is 2. The van der Waals surface area contributed by atoms with Crippen LogP contribution in [0, 0.1) is 17.3 Å². The van der Waals surface area contributed by atoms with Crippen molar-refractivity contribution in [3.63, 3.8) is 0 Å². The van der Waals surface area contributed by atoms with Crippen LogP contribution >= 0.6 is 0 Å². The summed E-state index contributed by atoms with van der Waals surface area (Å²) < 4.78 is 5.50. The average molecular weight is 362 g/mol. The molecule has 142 valence electrons. The van der Waals surface area contributed by atoms with E-state index in [1.54, 1.807) is 12.7 Å². The minimum Gasteiger partial charge on any atom is -0.496 e. The predicted molar refractivity (Wildman–Crippen MR) is 113 cm³/mol. The van der Waals surface area contributed by atoms with E-state index < -0.39 is 0 Å². The number of methoxy groups -OCH3 is 1. The molecule has 2 aromatic rings. The summed E-state index contributed by atoms with van der Waals surface area (Å²) in [6, 6.07) is 17.1. The molecule has 5 rings (SSSR count). The molecule has 3 aliphatic carbocycles. The van der Waals surface area contributed by atoms with Gasteiger partial charge in [0.05, 0.1) is 7.11 Å². The van der Waals surface area contributed by atoms with Crippen molar-refractivity contribution in [3.05, 3.63) is 65.7 Å². The maximum absolute atomic E-state index is 5.50. The van der Waals surface area contributed by atoms with Crippen LogP contribution in [0.4, 0.5) is 0 Å². The standard InChI is InChI=1S/C25H31NO/c1-25(2)21-14-13-20(23(25)15-21)17-26(3)16-18-9-11-19(12-10-18)22-7-5-6-8-24(22)27-4/h5-13,21,23H,14-17H2,1-4H3/t21-,23-/m0/s1. The third-order valence-corrected chi connectivity index (χ3v) is 6.86. The van der Waals surface area contributed by atoms with Gasteiger partial charge in [0.25, 0.3) is 0 Å². The van der Waals surface area contributed by atoms with E-state index >= 15 is 0 Å². The first-order valence-corrected chi connectivity index (χ1v) is 10.1. The highest BCUT2D eigenvalue weighted by Gasteiger charge is 2.50. The maximum atomic E-state index is 5.50. The Bertz CT molecular complexity index is 834. The summed E-state index contributed by atoms with van der Waals surface area (Å²) in [6.45, 7) is 6.99. The largest absolute Gasteiger partial charge is 0.496 e. The van der Waals surface area contributed by atoms with Gasteiger partial charge in [-0.3, -0.25) is 4.90 Å². The van der Waals surface area contributed by atoms with E-state index in [4.69, 9.17) is 4.74 Å². The van der Waals surface area contributed by atoms with Crippen LogP contribution in [0.25, 0.3) is 11.1 Å². The molecule has 1 saturated carbocycles. The van der Waals surface area contributed by atoms with Crippen LogP contribution in [-0.4, -0.2) is 25.6 Å². The topological polar surface area (TPSA) is 12.5 Å². The van der Waals surface area contributed by atoms with Crippen LogP contribution in [0.1, 0.15) is 32.3 Å². The zero-order valence-electron chi connectivity index (χ0n) is 17.0. The molecule has 0 amide bonds. The number of fused-ring (bicyclic) bond motifs is 1. The number of benzene rings is 2. The monoisotopic (exact) mass is 361 g/mol. The SMILES string of the molecule is COc1ccccc1-c1ccc(CN(C)CC2=CC[C@H]3C[C@@H]2C3(C)C)cc1. The highest BCUT2D eigenvalue weighted by Crippen LogP contribution is 2.59. The molecular formula is C25H31NO. The second-order valence-electron chi connectivity index (χ2n) is 8.89. The Kier molecular flexibility index (Phi) is 4.86. The lowest BCUT2D eigenvalue weighted by Gasteiger charge is -2.57. The molecular weight excluding hydrogens is 330 g/mol. The van der Waals surface area contributed by atoms with Gasteiger partial charge in [-0.05, 0) is 54.3 Å². The van der Waals surface area contributed by atoms with Crippen LogP contribution in [0.2, 0.25) is 0 Å². The molecule has 0 unspecified atom stereocenters. The fourth-order valence-electron chi connectivity index (χ4n) is 5.01. The Morgan fingerprint density at radius 3 is 2.44 bits per heavy atom. The number of nitrogens with zero attached hydrogens (tertiary/aromatic N) is 1. The predicted octanol–water partition coefficient (Wildman–Crippen LogP) is 5.79. The summed E-state index contributed by atoms with van der Waals surface area (Å²) in [5.74, 6) is 2.64. The number of para-hydroxylation sites is 1. The zero-order valence-corrected chi connectivity index (χ0v) is 17.0. The van der Waals surface area contributed by atoms with Gasteiger partial charge in [0.2, 0.25) is 0 Å². The van der Waals surface area contributed by atoms with Gasteiger partial charge in [0.1, 0.15) is 5.75 Å². The summed E-state index contributed by atoms with van der Waals surface area (Å²) in [7, 11) is 3.97. The molecule has 0 spiro atoms. The molecule has 0 heterocycles. The molecule has 0 aromatic heterocycles. The van der Waals surface area contributed by atoms with Crippen LogP contribution in [0.15, 0.2) is 60.2 Å².